The van der Waals surface area contributed by atoms with Crippen LogP contribution in [0, 0.1) is 0 Å². The lowest BCUT2D eigenvalue weighted by atomic mass is 10.5. The number of aromatic nitrogens is 3. The molecule has 0 atom stereocenters. The largest absolute Gasteiger partial charge is 0.366 e. The summed E-state index contributed by atoms with van der Waals surface area (Å²) in [6.45, 7) is 3.59. The van der Waals surface area contributed by atoms with E-state index < -0.39 is 5.91 Å². The van der Waals surface area contributed by atoms with Gasteiger partial charge in [0, 0.05) is 5.03 Å². The zero-order chi connectivity index (χ0) is 9.84. The quantitative estimate of drug-likeness (QED) is 0.635. The third-order valence-electron chi connectivity index (χ3n) is 1.16. The van der Waals surface area contributed by atoms with Gasteiger partial charge in [-0.05, 0) is 0 Å². The van der Waals surface area contributed by atoms with Crippen molar-refractivity contribution in [2.24, 2.45) is 0 Å². The Morgan fingerprint density at radius 3 is 2.92 bits per heavy atom. The van der Waals surface area contributed by atoms with Crippen molar-refractivity contribution in [2.45, 2.75) is 0 Å². The van der Waals surface area contributed by atoms with Gasteiger partial charge in [0.05, 0.1) is 6.54 Å². The second-order valence-corrected chi connectivity index (χ2v) is 2.78. The maximum Gasteiger partial charge on any atom is 0.288 e. The second kappa shape index (κ2) is 3.90. The van der Waals surface area contributed by atoms with Crippen LogP contribution in [0.5, 0.6) is 0 Å². The minimum Gasteiger partial charge on any atom is -0.366 e. The minimum absolute atomic E-state index is 0.0230. The molecule has 0 aromatic carbocycles. The van der Waals surface area contributed by atoms with Crippen molar-refractivity contribution in [2.75, 3.05) is 12.3 Å². The van der Waals surface area contributed by atoms with Gasteiger partial charge in [-0.3, -0.25) is 9.89 Å². The number of aromatic amines is 1. The number of halogens is 1. The third-order valence-corrected chi connectivity index (χ3v) is 1.29. The molecule has 6 nitrogen and oxygen atoms in total. The molecule has 0 fully saturated rings. The topological polar surface area (TPSA) is 96.7 Å². The lowest BCUT2D eigenvalue weighted by molar-refractivity contribution is 0.0948. The SMILES string of the molecule is C=C(Cl)CNC(=O)c1nc(N)n[nH]1. The first-order valence-electron chi connectivity index (χ1n) is 3.39. The Labute approximate surface area is 79.2 Å². The summed E-state index contributed by atoms with van der Waals surface area (Å²) < 4.78 is 0. The molecule has 0 radical (unpaired) electrons. The highest BCUT2D eigenvalue weighted by molar-refractivity contribution is 6.29. The fourth-order valence-corrected chi connectivity index (χ4v) is 0.703. The summed E-state index contributed by atoms with van der Waals surface area (Å²) in [4.78, 5) is 14.8. The predicted molar refractivity (Wildman–Crippen MR) is 48.1 cm³/mol. The van der Waals surface area contributed by atoms with Crippen LogP contribution in [0.3, 0.4) is 0 Å². The molecule has 0 aliphatic rings. The van der Waals surface area contributed by atoms with E-state index in [-0.39, 0.29) is 18.3 Å². The van der Waals surface area contributed by atoms with E-state index in [0.29, 0.717) is 5.03 Å². The number of hydrogen-bond donors (Lipinski definition) is 3. The molecule has 1 aromatic rings. The molecule has 0 saturated carbocycles. The molecule has 1 rings (SSSR count). The molecule has 13 heavy (non-hydrogen) atoms. The Hall–Kier alpha value is -1.56. The fourth-order valence-electron chi connectivity index (χ4n) is 0.636. The van der Waals surface area contributed by atoms with E-state index in [0.717, 1.165) is 0 Å². The molecule has 4 N–H and O–H groups in total. The summed E-state index contributed by atoms with van der Waals surface area (Å²) in [5.74, 6) is -0.351. The predicted octanol–water partition coefficient (Wildman–Crippen LogP) is -0.131. The molecule has 0 unspecified atom stereocenters. The van der Waals surface area contributed by atoms with E-state index in [1.807, 2.05) is 0 Å². The van der Waals surface area contributed by atoms with Crippen LogP contribution in [0.25, 0.3) is 0 Å². The number of anilines is 1. The number of nitrogens with two attached hydrogens (primary N) is 1. The molecule has 70 valence electrons. The lowest BCUT2D eigenvalue weighted by Crippen LogP contribution is -2.25. The van der Waals surface area contributed by atoms with Gasteiger partial charge < -0.3 is 11.1 Å². The van der Waals surface area contributed by atoms with Gasteiger partial charge in [0.25, 0.3) is 5.91 Å². The summed E-state index contributed by atoms with van der Waals surface area (Å²) in [5.41, 5.74) is 5.20. The first kappa shape index (κ1) is 9.53. The number of nitrogen functional groups attached to an aromatic ring is 1. The molecular weight excluding hydrogens is 194 g/mol. The zero-order valence-corrected chi connectivity index (χ0v) is 7.43. The monoisotopic (exact) mass is 201 g/mol. The Bertz CT molecular complexity index is 334. The molecule has 0 spiro atoms. The summed E-state index contributed by atoms with van der Waals surface area (Å²) >= 11 is 5.43. The minimum atomic E-state index is -0.425. The smallest absolute Gasteiger partial charge is 0.288 e. The van der Waals surface area contributed by atoms with Crippen molar-refractivity contribution in [3.8, 4) is 0 Å². The number of nitrogens with one attached hydrogen (secondary N) is 2. The van der Waals surface area contributed by atoms with Gasteiger partial charge in [-0.15, -0.1) is 5.10 Å². The van der Waals surface area contributed by atoms with Crippen LogP contribution >= 0.6 is 11.6 Å². The fraction of sp³-hybridized carbons (Fsp3) is 0.167. The Kier molecular flexibility index (Phi) is 2.86. The highest BCUT2D eigenvalue weighted by Crippen LogP contribution is 1.95. The molecule has 0 saturated heterocycles. The summed E-state index contributed by atoms with van der Waals surface area (Å²) in [5, 5.41) is 8.63. The maximum atomic E-state index is 11.2. The average molecular weight is 202 g/mol. The molecule has 1 amide bonds. The van der Waals surface area contributed by atoms with E-state index in [4.69, 9.17) is 17.3 Å². The first-order chi connectivity index (χ1) is 6.09. The Morgan fingerprint density at radius 1 is 1.77 bits per heavy atom. The standard InChI is InChI=1S/C6H8ClN5O/c1-3(7)2-9-5(13)4-10-6(8)12-11-4/h1-2H2,(H,9,13)(H3,8,10,11,12). The van der Waals surface area contributed by atoms with Crippen molar-refractivity contribution < 1.29 is 4.79 Å². The normalized spacial score (nSPS) is 9.62. The van der Waals surface area contributed by atoms with E-state index in [1.165, 1.54) is 0 Å². The van der Waals surface area contributed by atoms with E-state index in [9.17, 15) is 4.79 Å². The second-order valence-electron chi connectivity index (χ2n) is 2.24. The third kappa shape index (κ3) is 2.75. The average Bonchev–Trinajstić information content (AvgIpc) is 2.47. The highest BCUT2D eigenvalue weighted by atomic mass is 35.5. The van der Waals surface area contributed by atoms with Gasteiger partial charge in [-0.25, -0.2) is 0 Å². The van der Waals surface area contributed by atoms with Crippen molar-refractivity contribution >= 4 is 23.5 Å². The van der Waals surface area contributed by atoms with Crippen molar-refractivity contribution in [3.63, 3.8) is 0 Å². The summed E-state index contributed by atoms with van der Waals surface area (Å²) in [6, 6.07) is 0. The molecule has 0 bridgehead atoms. The zero-order valence-electron chi connectivity index (χ0n) is 6.67. The molecule has 0 aliphatic carbocycles. The van der Waals surface area contributed by atoms with Gasteiger partial charge >= 0.3 is 0 Å². The van der Waals surface area contributed by atoms with Crippen LogP contribution < -0.4 is 11.1 Å². The number of carbonyl (C=O) groups is 1. The van der Waals surface area contributed by atoms with Gasteiger partial charge in [0.1, 0.15) is 0 Å². The molecular formula is C6H8ClN5O. The summed E-state index contributed by atoms with van der Waals surface area (Å²) in [6.07, 6.45) is 0. The van der Waals surface area contributed by atoms with Crippen molar-refractivity contribution in [3.05, 3.63) is 17.4 Å². The first-order valence-corrected chi connectivity index (χ1v) is 3.76. The van der Waals surface area contributed by atoms with Crippen molar-refractivity contribution in [1.29, 1.82) is 0 Å². The van der Waals surface area contributed by atoms with Crippen LogP contribution in [0.15, 0.2) is 11.6 Å². The number of amides is 1. The Balaban J connectivity index is 2.54. The van der Waals surface area contributed by atoms with Gasteiger partial charge in [0.2, 0.25) is 11.8 Å². The van der Waals surface area contributed by atoms with Crippen LogP contribution in [0.1, 0.15) is 10.6 Å². The van der Waals surface area contributed by atoms with Crippen LogP contribution in [0.2, 0.25) is 0 Å². The molecule has 1 aromatic heterocycles. The lowest BCUT2D eigenvalue weighted by Gasteiger charge is -1.98. The van der Waals surface area contributed by atoms with Crippen LogP contribution in [-0.4, -0.2) is 27.6 Å². The molecule has 1 heterocycles. The van der Waals surface area contributed by atoms with E-state index in [1.54, 1.807) is 0 Å². The molecule has 7 heteroatoms. The van der Waals surface area contributed by atoms with Gasteiger partial charge in [-0.1, -0.05) is 18.2 Å². The highest BCUT2D eigenvalue weighted by Gasteiger charge is 2.09. The van der Waals surface area contributed by atoms with Crippen LogP contribution in [0.4, 0.5) is 5.95 Å². The Morgan fingerprint density at radius 2 is 2.46 bits per heavy atom. The van der Waals surface area contributed by atoms with Crippen molar-refractivity contribution in [1.82, 2.24) is 20.5 Å². The molecule has 0 aliphatic heterocycles. The number of carbonyl (C=O) groups excluding carboxylic acids is 1. The summed E-state index contributed by atoms with van der Waals surface area (Å²) in [7, 11) is 0. The number of hydrogen-bond acceptors (Lipinski definition) is 4. The number of rotatable bonds is 3. The number of H-pyrrole nitrogens is 1. The van der Waals surface area contributed by atoms with Crippen LogP contribution in [-0.2, 0) is 0 Å². The van der Waals surface area contributed by atoms with E-state index >= 15 is 0 Å². The van der Waals surface area contributed by atoms with Gasteiger partial charge in [0.15, 0.2) is 0 Å². The number of nitrogens with zero attached hydrogens (tertiary/aromatic N) is 2. The maximum absolute atomic E-state index is 11.2. The van der Waals surface area contributed by atoms with Gasteiger partial charge in [-0.2, -0.15) is 4.98 Å². The van der Waals surface area contributed by atoms with E-state index in [2.05, 4.69) is 27.1 Å².